The van der Waals surface area contributed by atoms with Crippen molar-refractivity contribution >= 4 is 11.9 Å². The van der Waals surface area contributed by atoms with Gasteiger partial charge in [0.2, 0.25) is 11.8 Å². The van der Waals surface area contributed by atoms with E-state index in [1.807, 2.05) is 0 Å². The Hall–Kier alpha value is -2.11. The summed E-state index contributed by atoms with van der Waals surface area (Å²) in [6.07, 6.45) is 4.62. The maximum Gasteiger partial charge on any atom is 0.307 e. The van der Waals surface area contributed by atoms with E-state index in [2.05, 4.69) is 10.3 Å². The monoisotopic (exact) mass is 292 g/mol. The number of pyridine rings is 1. The molecule has 1 fully saturated rings. The molecule has 1 aromatic heterocycles. The Bertz CT molecular complexity index is 518. The van der Waals surface area contributed by atoms with Crippen molar-refractivity contribution in [3.63, 3.8) is 0 Å². The van der Waals surface area contributed by atoms with Crippen LogP contribution >= 0.6 is 0 Å². The van der Waals surface area contributed by atoms with Crippen LogP contribution in [0.5, 0.6) is 5.88 Å². The number of carbonyl (C=O) groups is 2. The molecule has 1 heterocycles. The molecule has 0 aliphatic heterocycles. The van der Waals surface area contributed by atoms with Crippen LogP contribution in [0.1, 0.15) is 31.2 Å². The highest BCUT2D eigenvalue weighted by molar-refractivity contribution is 5.84. The number of methoxy groups -OCH3 is 1. The first-order valence-electron chi connectivity index (χ1n) is 7.11. The van der Waals surface area contributed by atoms with Crippen molar-refractivity contribution in [1.29, 1.82) is 0 Å². The predicted molar refractivity (Wildman–Crippen MR) is 75.7 cm³/mol. The fourth-order valence-corrected chi connectivity index (χ4v) is 2.73. The number of aromatic nitrogens is 1. The average Bonchev–Trinajstić information content (AvgIpc) is 2.52. The van der Waals surface area contributed by atoms with Crippen LogP contribution in [0.15, 0.2) is 18.3 Å². The third kappa shape index (κ3) is 3.93. The van der Waals surface area contributed by atoms with Gasteiger partial charge in [0.1, 0.15) is 0 Å². The number of nitrogens with one attached hydrogen (secondary N) is 1. The highest BCUT2D eigenvalue weighted by atomic mass is 16.5. The Balaban J connectivity index is 1.95. The zero-order valence-corrected chi connectivity index (χ0v) is 12.0. The van der Waals surface area contributed by atoms with E-state index in [0.717, 1.165) is 18.4 Å². The van der Waals surface area contributed by atoms with Crippen molar-refractivity contribution < 1.29 is 19.4 Å². The molecular formula is C15H20N2O4. The first-order valence-corrected chi connectivity index (χ1v) is 7.11. The van der Waals surface area contributed by atoms with Crippen LogP contribution in [0.4, 0.5) is 0 Å². The first-order chi connectivity index (χ1) is 10.1. The number of hydrogen-bond donors (Lipinski definition) is 2. The Morgan fingerprint density at radius 2 is 2.10 bits per heavy atom. The summed E-state index contributed by atoms with van der Waals surface area (Å²) in [5.41, 5.74) is 0.873. The maximum atomic E-state index is 12.2. The minimum atomic E-state index is -0.875. The summed E-state index contributed by atoms with van der Waals surface area (Å²) in [5.74, 6) is -1.56. The smallest absolute Gasteiger partial charge is 0.307 e. The molecule has 21 heavy (non-hydrogen) atoms. The number of aliphatic carboxylic acids is 1. The van der Waals surface area contributed by atoms with Gasteiger partial charge < -0.3 is 15.2 Å². The zero-order valence-electron chi connectivity index (χ0n) is 12.0. The van der Waals surface area contributed by atoms with E-state index < -0.39 is 17.8 Å². The largest absolute Gasteiger partial charge is 0.481 e. The molecule has 1 saturated carbocycles. The SMILES string of the molecule is COc1cc(CNC(=O)[C@@H]2CCCC[C@@H]2C(=O)O)ccn1. The molecule has 6 heteroatoms. The fraction of sp³-hybridized carbons (Fsp3) is 0.533. The van der Waals surface area contributed by atoms with E-state index in [9.17, 15) is 14.7 Å². The standard InChI is InChI=1S/C15H20N2O4/c1-21-13-8-10(6-7-16-13)9-17-14(18)11-4-2-3-5-12(11)15(19)20/h6-8,11-12H,2-5,9H2,1H3,(H,17,18)(H,19,20)/t11-,12+/m1/s1. The van der Waals surface area contributed by atoms with Gasteiger partial charge in [-0.15, -0.1) is 0 Å². The normalized spacial score (nSPS) is 21.6. The lowest BCUT2D eigenvalue weighted by Crippen LogP contribution is -2.39. The predicted octanol–water partition coefficient (Wildman–Crippen LogP) is 1.60. The van der Waals surface area contributed by atoms with Crippen molar-refractivity contribution in [2.75, 3.05) is 7.11 Å². The van der Waals surface area contributed by atoms with Crippen LogP contribution in [0.3, 0.4) is 0 Å². The highest BCUT2D eigenvalue weighted by Crippen LogP contribution is 2.30. The van der Waals surface area contributed by atoms with Gasteiger partial charge in [-0.25, -0.2) is 4.98 Å². The second kappa shape index (κ2) is 7.06. The molecule has 6 nitrogen and oxygen atoms in total. The van der Waals surface area contributed by atoms with Gasteiger partial charge in [-0.05, 0) is 24.5 Å². The number of hydrogen-bond acceptors (Lipinski definition) is 4. The summed E-state index contributed by atoms with van der Waals surface area (Å²) in [6, 6.07) is 3.54. The Kier molecular flexibility index (Phi) is 5.14. The molecule has 1 aliphatic rings. The minimum Gasteiger partial charge on any atom is -0.481 e. The van der Waals surface area contributed by atoms with Crippen molar-refractivity contribution in [2.45, 2.75) is 32.2 Å². The number of ether oxygens (including phenoxy) is 1. The van der Waals surface area contributed by atoms with Crippen LogP contribution in [-0.2, 0) is 16.1 Å². The van der Waals surface area contributed by atoms with Gasteiger partial charge in [0.15, 0.2) is 0 Å². The molecule has 2 atom stereocenters. The van der Waals surface area contributed by atoms with Gasteiger partial charge in [-0.3, -0.25) is 9.59 Å². The summed E-state index contributed by atoms with van der Waals surface area (Å²) in [6.45, 7) is 0.348. The number of rotatable bonds is 5. The lowest BCUT2D eigenvalue weighted by Gasteiger charge is -2.27. The van der Waals surface area contributed by atoms with Gasteiger partial charge in [-0.2, -0.15) is 0 Å². The summed E-state index contributed by atoms with van der Waals surface area (Å²) >= 11 is 0. The van der Waals surface area contributed by atoms with Crippen molar-refractivity contribution in [3.8, 4) is 5.88 Å². The van der Waals surface area contributed by atoms with E-state index in [-0.39, 0.29) is 5.91 Å². The zero-order chi connectivity index (χ0) is 15.2. The molecule has 114 valence electrons. The molecule has 0 spiro atoms. The summed E-state index contributed by atoms with van der Waals surface area (Å²) < 4.78 is 5.02. The van der Waals surface area contributed by atoms with Crippen molar-refractivity contribution in [2.24, 2.45) is 11.8 Å². The quantitative estimate of drug-likeness (QED) is 0.860. The van der Waals surface area contributed by atoms with Crippen molar-refractivity contribution in [3.05, 3.63) is 23.9 Å². The lowest BCUT2D eigenvalue weighted by atomic mass is 9.78. The third-order valence-corrected chi connectivity index (χ3v) is 3.90. The molecule has 1 aliphatic carbocycles. The molecule has 2 N–H and O–H groups in total. The van der Waals surface area contributed by atoms with E-state index in [1.54, 1.807) is 18.3 Å². The second-order valence-corrected chi connectivity index (χ2v) is 5.26. The van der Waals surface area contributed by atoms with Gasteiger partial charge in [0.25, 0.3) is 0 Å². The average molecular weight is 292 g/mol. The topological polar surface area (TPSA) is 88.5 Å². The number of amides is 1. The molecule has 0 saturated heterocycles. The molecule has 0 aromatic carbocycles. The molecule has 2 rings (SSSR count). The lowest BCUT2D eigenvalue weighted by molar-refractivity contribution is -0.148. The number of carbonyl (C=O) groups excluding carboxylic acids is 1. The molecular weight excluding hydrogens is 272 g/mol. The number of carboxylic acids is 1. The molecule has 0 unspecified atom stereocenters. The van der Waals surface area contributed by atoms with Crippen LogP contribution < -0.4 is 10.1 Å². The van der Waals surface area contributed by atoms with E-state index in [4.69, 9.17) is 4.74 Å². The molecule has 1 aromatic rings. The summed E-state index contributed by atoms with van der Waals surface area (Å²) in [5, 5.41) is 12.0. The van der Waals surface area contributed by atoms with Gasteiger partial charge in [0.05, 0.1) is 18.9 Å². The van der Waals surface area contributed by atoms with Crippen molar-refractivity contribution in [1.82, 2.24) is 10.3 Å². The Labute approximate surface area is 123 Å². The van der Waals surface area contributed by atoms with Gasteiger partial charge in [0, 0.05) is 18.8 Å². The van der Waals surface area contributed by atoms with Gasteiger partial charge in [-0.1, -0.05) is 12.8 Å². The maximum absolute atomic E-state index is 12.2. The third-order valence-electron chi connectivity index (χ3n) is 3.90. The van der Waals surface area contributed by atoms with Gasteiger partial charge >= 0.3 is 5.97 Å². The highest BCUT2D eigenvalue weighted by Gasteiger charge is 2.35. The first kappa shape index (κ1) is 15.3. The van der Waals surface area contributed by atoms with E-state index in [1.165, 1.54) is 7.11 Å². The minimum absolute atomic E-state index is 0.183. The Morgan fingerprint density at radius 3 is 2.76 bits per heavy atom. The van der Waals surface area contributed by atoms with E-state index in [0.29, 0.717) is 25.3 Å². The number of carboxylic acid groups (broad SMARTS) is 1. The van der Waals surface area contributed by atoms with Crippen LogP contribution in [-0.4, -0.2) is 29.1 Å². The number of nitrogens with zero attached hydrogens (tertiary/aromatic N) is 1. The van der Waals surface area contributed by atoms with E-state index >= 15 is 0 Å². The molecule has 0 radical (unpaired) electrons. The Morgan fingerprint density at radius 1 is 1.38 bits per heavy atom. The summed E-state index contributed by atoms with van der Waals surface area (Å²) in [4.78, 5) is 27.4. The fourth-order valence-electron chi connectivity index (χ4n) is 2.73. The van der Waals surface area contributed by atoms with Crippen LogP contribution in [0, 0.1) is 11.8 Å². The second-order valence-electron chi connectivity index (χ2n) is 5.26. The van der Waals surface area contributed by atoms with Crippen LogP contribution in [0.25, 0.3) is 0 Å². The summed E-state index contributed by atoms with van der Waals surface area (Å²) in [7, 11) is 1.53. The van der Waals surface area contributed by atoms with Crippen LogP contribution in [0.2, 0.25) is 0 Å². The molecule has 0 bridgehead atoms. The molecule has 1 amide bonds.